The van der Waals surface area contributed by atoms with Gasteiger partial charge in [-0.3, -0.25) is 14.5 Å². The van der Waals surface area contributed by atoms with Gasteiger partial charge in [0.1, 0.15) is 11.0 Å². The van der Waals surface area contributed by atoms with Crippen molar-refractivity contribution in [2.45, 2.75) is 55.2 Å². The zero-order valence-electron chi connectivity index (χ0n) is 17.8. The third-order valence-electron chi connectivity index (χ3n) is 8.80. The van der Waals surface area contributed by atoms with E-state index in [0.29, 0.717) is 11.4 Å². The number of fused-ring (bicyclic) bond motifs is 1. The molecule has 2 unspecified atom stereocenters. The molecule has 3 heterocycles. The molecule has 6 bridgehead atoms. The van der Waals surface area contributed by atoms with Gasteiger partial charge in [-0.2, -0.15) is 0 Å². The Bertz CT molecular complexity index is 1150. The minimum Gasteiger partial charge on any atom is -0.508 e. The number of aromatic hydroxyl groups is 1. The fourth-order valence-electron chi connectivity index (χ4n) is 7.87. The van der Waals surface area contributed by atoms with Crippen molar-refractivity contribution in [1.82, 2.24) is 4.90 Å². The molecule has 2 aromatic carbocycles. The van der Waals surface area contributed by atoms with Gasteiger partial charge in [-0.1, -0.05) is 18.2 Å². The first-order chi connectivity index (χ1) is 15.4. The molecule has 0 aromatic heterocycles. The van der Waals surface area contributed by atoms with Gasteiger partial charge >= 0.3 is 0 Å². The fourth-order valence-corrected chi connectivity index (χ4v) is 9.02. The number of amides is 2. The lowest BCUT2D eigenvalue weighted by atomic mass is 9.48. The van der Waals surface area contributed by atoms with Crippen molar-refractivity contribution in [2.24, 2.45) is 17.8 Å². The molecule has 2 amide bonds. The van der Waals surface area contributed by atoms with E-state index in [1.54, 1.807) is 0 Å². The summed E-state index contributed by atoms with van der Waals surface area (Å²) in [5.41, 5.74) is 11.2. The van der Waals surface area contributed by atoms with E-state index in [1.807, 2.05) is 30.3 Å². The molecule has 5 nitrogen and oxygen atoms in total. The number of nitrogens with two attached hydrogens (primary N) is 1. The summed E-state index contributed by atoms with van der Waals surface area (Å²) < 4.78 is 0. The van der Waals surface area contributed by atoms with Gasteiger partial charge in [-0.05, 0) is 103 Å². The molecule has 4 aliphatic carbocycles. The minimum atomic E-state index is -0.302. The summed E-state index contributed by atoms with van der Waals surface area (Å²) >= 11 is 1.11. The van der Waals surface area contributed by atoms with E-state index in [1.165, 1.54) is 43.4 Å². The highest BCUT2D eigenvalue weighted by Gasteiger charge is 2.60. The molecule has 0 spiro atoms. The Morgan fingerprint density at radius 1 is 0.969 bits per heavy atom. The molecule has 32 heavy (non-hydrogen) atoms. The van der Waals surface area contributed by atoms with Crippen molar-refractivity contribution in [2.75, 3.05) is 5.73 Å². The van der Waals surface area contributed by atoms with Crippen LogP contribution in [0.4, 0.5) is 10.5 Å². The van der Waals surface area contributed by atoms with Crippen LogP contribution in [-0.2, 0) is 10.2 Å². The van der Waals surface area contributed by atoms with Gasteiger partial charge in [-0.25, -0.2) is 0 Å². The molecule has 3 N–H and O–H groups in total. The Morgan fingerprint density at radius 3 is 2.22 bits per heavy atom. The number of phenolic OH excluding ortho intramolecular Hbond substituents is 1. The van der Waals surface area contributed by atoms with Crippen molar-refractivity contribution in [3.05, 3.63) is 47.5 Å². The average Bonchev–Trinajstić information content (AvgIpc) is 3.25. The van der Waals surface area contributed by atoms with Gasteiger partial charge in [0, 0.05) is 16.8 Å². The zero-order valence-corrected chi connectivity index (χ0v) is 18.6. The Kier molecular flexibility index (Phi) is 3.76. The van der Waals surface area contributed by atoms with Crippen molar-refractivity contribution in [3.8, 4) is 16.9 Å². The molecule has 7 fully saturated rings. The predicted molar refractivity (Wildman–Crippen MR) is 124 cm³/mol. The number of carbonyl (C=O) groups is 2. The van der Waals surface area contributed by atoms with Crippen LogP contribution in [0.3, 0.4) is 0 Å². The van der Waals surface area contributed by atoms with E-state index in [9.17, 15) is 14.7 Å². The molecule has 2 atom stereocenters. The van der Waals surface area contributed by atoms with E-state index in [2.05, 4.69) is 6.07 Å². The van der Waals surface area contributed by atoms with Gasteiger partial charge in [0.2, 0.25) is 5.91 Å². The number of nitrogens with zero attached hydrogens (tertiary/aromatic N) is 1. The lowest BCUT2D eigenvalue weighted by Crippen LogP contribution is -2.50. The van der Waals surface area contributed by atoms with Gasteiger partial charge in [0.05, 0.1) is 6.04 Å². The maximum Gasteiger partial charge on any atom is 0.289 e. The summed E-state index contributed by atoms with van der Waals surface area (Å²) in [6, 6.07) is 11.7. The Labute approximate surface area is 191 Å². The van der Waals surface area contributed by atoms with Crippen molar-refractivity contribution in [1.29, 1.82) is 0 Å². The number of phenols is 1. The van der Waals surface area contributed by atoms with E-state index in [-0.39, 0.29) is 27.9 Å². The van der Waals surface area contributed by atoms with Crippen molar-refractivity contribution in [3.63, 3.8) is 0 Å². The van der Waals surface area contributed by atoms with E-state index in [4.69, 9.17) is 5.73 Å². The third-order valence-corrected chi connectivity index (χ3v) is 9.92. The number of β-lactam (4-membered cyclic amide) rings is 1. The lowest BCUT2D eigenvalue weighted by Gasteiger charge is -2.57. The number of rotatable bonds is 3. The first-order valence-corrected chi connectivity index (χ1v) is 12.6. The van der Waals surface area contributed by atoms with Crippen LogP contribution in [0.15, 0.2) is 36.4 Å². The summed E-state index contributed by atoms with van der Waals surface area (Å²) in [6.45, 7) is 0. The molecule has 9 rings (SSSR count). The minimum absolute atomic E-state index is 0.0913. The Morgan fingerprint density at radius 2 is 1.66 bits per heavy atom. The molecule has 7 aliphatic rings. The summed E-state index contributed by atoms with van der Waals surface area (Å²) in [4.78, 5) is 25.2. The Balaban J connectivity index is 1.24. The molecule has 3 aliphatic heterocycles. The highest BCUT2D eigenvalue weighted by molar-refractivity contribution is 8.15. The van der Waals surface area contributed by atoms with Gasteiger partial charge in [-0.15, -0.1) is 0 Å². The number of thioether (sulfide) groups is 1. The smallest absolute Gasteiger partial charge is 0.289 e. The number of hydrogen-bond donors (Lipinski definition) is 2. The van der Waals surface area contributed by atoms with Crippen LogP contribution >= 0.6 is 11.8 Å². The largest absolute Gasteiger partial charge is 0.508 e. The predicted octanol–water partition coefficient (Wildman–Crippen LogP) is 5.23. The van der Waals surface area contributed by atoms with Crippen LogP contribution in [0, 0.1) is 17.8 Å². The van der Waals surface area contributed by atoms with E-state index >= 15 is 0 Å². The van der Waals surface area contributed by atoms with Crippen LogP contribution in [0.2, 0.25) is 0 Å². The summed E-state index contributed by atoms with van der Waals surface area (Å²) in [5, 5.41) is 10.4. The molecule has 164 valence electrons. The number of carbonyl (C=O) groups excluding carboxylic acids is 2. The van der Waals surface area contributed by atoms with Gasteiger partial charge < -0.3 is 10.8 Å². The molecule has 0 radical (unpaired) electrons. The van der Waals surface area contributed by atoms with Crippen molar-refractivity contribution < 1.29 is 14.7 Å². The highest BCUT2D eigenvalue weighted by atomic mass is 32.2. The molecular weight excluding hydrogens is 420 g/mol. The second-order valence-electron chi connectivity index (χ2n) is 10.7. The average molecular weight is 447 g/mol. The molecular formula is C26H26N2O3S. The van der Waals surface area contributed by atoms with Crippen molar-refractivity contribution >= 4 is 28.6 Å². The summed E-state index contributed by atoms with van der Waals surface area (Å²) in [5.74, 6) is 2.75. The SMILES string of the molecule is Nc1cc(C2C3SC(=O)N2C3=O)ccc1-c1ccc(O)c(C23CC4CC(CC(C4)C2)C3)c1. The van der Waals surface area contributed by atoms with Crippen LogP contribution in [-0.4, -0.2) is 26.4 Å². The second kappa shape index (κ2) is 6.31. The number of nitrogen functional groups attached to an aromatic ring is 1. The maximum atomic E-state index is 12.0. The van der Waals surface area contributed by atoms with Crippen LogP contribution in [0.5, 0.6) is 5.75 Å². The van der Waals surface area contributed by atoms with E-state index < -0.39 is 0 Å². The number of benzene rings is 2. The van der Waals surface area contributed by atoms with Gasteiger partial charge in [0.15, 0.2) is 0 Å². The monoisotopic (exact) mass is 446 g/mol. The van der Waals surface area contributed by atoms with E-state index in [0.717, 1.165) is 51.8 Å². The highest BCUT2D eigenvalue weighted by Crippen LogP contribution is 2.62. The Hall–Kier alpha value is -2.47. The molecule has 2 aromatic rings. The number of anilines is 1. The van der Waals surface area contributed by atoms with Crippen LogP contribution in [0.1, 0.15) is 55.7 Å². The topological polar surface area (TPSA) is 83.6 Å². The molecule has 3 saturated heterocycles. The molecule has 6 heteroatoms. The fraction of sp³-hybridized carbons (Fsp3) is 0.462. The number of imide groups is 1. The summed E-state index contributed by atoms with van der Waals surface area (Å²) in [7, 11) is 0. The normalized spacial score (nSPS) is 36.6. The molecule has 4 saturated carbocycles. The number of hydrogen-bond acceptors (Lipinski definition) is 5. The standard InChI is InChI=1S/C26H26N2O3S/c27-20-9-17(22-23-24(30)28(22)25(31)32-23)1-3-18(20)16-2-4-21(29)19(8-16)26-10-13-5-14(11-26)7-15(6-13)12-26/h1-4,8-9,13-15,22-23,29H,5-7,10-12,27H2. The maximum absolute atomic E-state index is 12.0. The quantitative estimate of drug-likeness (QED) is 0.498. The van der Waals surface area contributed by atoms with Gasteiger partial charge in [0.25, 0.3) is 5.24 Å². The first-order valence-electron chi connectivity index (χ1n) is 11.7. The zero-order chi connectivity index (χ0) is 21.8. The van der Waals surface area contributed by atoms with Crippen LogP contribution < -0.4 is 5.73 Å². The summed E-state index contributed by atoms with van der Waals surface area (Å²) in [6.07, 6.45) is 7.71. The lowest BCUT2D eigenvalue weighted by molar-refractivity contribution is -0.137. The second-order valence-corrected chi connectivity index (χ2v) is 11.8. The third kappa shape index (κ3) is 2.47. The van der Waals surface area contributed by atoms with Crippen LogP contribution in [0.25, 0.3) is 11.1 Å². The first kappa shape index (κ1) is 19.0.